The minimum Gasteiger partial charge on any atom is -0.316 e. The van der Waals surface area contributed by atoms with Crippen molar-refractivity contribution in [2.45, 2.75) is 5.54 Å². The van der Waals surface area contributed by atoms with Gasteiger partial charge in [0, 0.05) is 11.1 Å². The smallest absolute Gasteiger partial charge is 0.316 e. The molecule has 2 heterocycles. The number of carbonyl (C=O) groups excluding carboxylic acids is 2. The fourth-order valence-corrected chi connectivity index (χ4v) is 3.76. The average Bonchev–Trinajstić information content (AvgIpc) is 2.77. The average molecular weight is 275 g/mol. The molecule has 1 unspecified atom stereocenters. The highest BCUT2D eigenvalue weighted by Crippen LogP contribution is 2.48. The lowest BCUT2D eigenvalue weighted by Gasteiger charge is -2.18. The molecule has 1 aliphatic carbocycles. The highest BCUT2D eigenvalue weighted by molar-refractivity contribution is 7.20. The fourth-order valence-electron chi connectivity index (χ4n) is 1.96. The number of fused-ring (bicyclic) bond motifs is 2. The Morgan fingerprint density at radius 3 is 2.62 bits per heavy atom. The Bertz CT molecular complexity index is 566. The topological polar surface area (TPSA) is 58.2 Å². The van der Waals surface area contributed by atoms with E-state index < -0.39 is 17.5 Å². The normalized spacial score (nSPS) is 26.1. The second-order valence-electron chi connectivity index (χ2n) is 3.49. The first kappa shape index (κ1) is 10.1. The van der Waals surface area contributed by atoms with E-state index in [1.54, 1.807) is 12.2 Å². The van der Waals surface area contributed by atoms with E-state index in [0.717, 1.165) is 0 Å². The number of imide groups is 1. The summed E-state index contributed by atoms with van der Waals surface area (Å²) in [7, 11) is 0. The van der Waals surface area contributed by atoms with Gasteiger partial charge in [0.15, 0.2) is 5.54 Å². The highest BCUT2D eigenvalue weighted by atomic mass is 35.5. The minimum absolute atomic E-state index is 0.419. The van der Waals surface area contributed by atoms with Crippen LogP contribution in [-0.4, -0.2) is 11.9 Å². The zero-order valence-corrected chi connectivity index (χ0v) is 9.96. The molecule has 1 aromatic rings. The van der Waals surface area contributed by atoms with Crippen molar-refractivity contribution in [1.82, 2.24) is 10.6 Å². The Kier molecular flexibility index (Phi) is 1.90. The molecule has 7 heteroatoms. The van der Waals surface area contributed by atoms with Crippen LogP contribution in [0, 0.1) is 0 Å². The molecular formula is C9H4Cl2N2O2S. The number of amides is 3. The first-order valence-electron chi connectivity index (χ1n) is 4.36. The maximum absolute atomic E-state index is 11.8. The predicted molar refractivity (Wildman–Crippen MR) is 61.7 cm³/mol. The Hall–Kier alpha value is -1.04. The number of hydrogen-bond donors (Lipinski definition) is 2. The Morgan fingerprint density at radius 1 is 1.25 bits per heavy atom. The van der Waals surface area contributed by atoms with Crippen LogP contribution in [0.5, 0.6) is 0 Å². The SMILES string of the molecule is O=C1NC(=O)C2(C=Cc3c(Cl)sc(Cl)c32)N1. The number of carbonyl (C=O) groups is 2. The van der Waals surface area contributed by atoms with Crippen LogP contribution in [0.1, 0.15) is 11.1 Å². The van der Waals surface area contributed by atoms with Crippen molar-refractivity contribution in [2.24, 2.45) is 0 Å². The molecule has 1 saturated heterocycles. The Labute approximate surface area is 104 Å². The number of nitrogens with one attached hydrogen (secondary N) is 2. The van der Waals surface area contributed by atoms with Crippen LogP contribution < -0.4 is 10.6 Å². The quantitative estimate of drug-likeness (QED) is 0.712. The van der Waals surface area contributed by atoms with E-state index in [9.17, 15) is 9.59 Å². The van der Waals surface area contributed by atoms with Gasteiger partial charge in [-0.25, -0.2) is 4.79 Å². The summed E-state index contributed by atoms with van der Waals surface area (Å²) in [5, 5.41) is 4.76. The molecule has 0 aromatic carbocycles. The second kappa shape index (κ2) is 3.00. The number of urea groups is 1. The first-order valence-corrected chi connectivity index (χ1v) is 5.93. The maximum atomic E-state index is 11.8. The molecule has 0 bridgehead atoms. The van der Waals surface area contributed by atoms with Crippen molar-refractivity contribution >= 4 is 52.6 Å². The van der Waals surface area contributed by atoms with Crippen LogP contribution in [0.15, 0.2) is 6.08 Å². The molecule has 0 radical (unpaired) electrons. The summed E-state index contributed by atoms with van der Waals surface area (Å²) in [6.07, 6.45) is 3.30. The van der Waals surface area contributed by atoms with Crippen molar-refractivity contribution in [3.05, 3.63) is 25.9 Å². The lowest BCUT2D eigenvalue weighted by molar-refractivity contribution is -0.122. The van der Waals surface area contributed by atoms with Crippen molar-refractivity contribution in [1.29, 1.82) is 0 Å². The van der Waals surface area contributed by atoms with E-state index in [1.165, 1.54) is 11.3 Å². The lowest BCUT2D eigenvalue weighted by Crippen LogP contribution is -2.40. The van der Waals surface area contributed by atoms with Crippen LogP contribution in [0.3, 0.4) is 0 Å². The van der Waals surface area contributed by atoms with Crippen molar-refractivity contribution in [3.8, 4) is 0 Å². The van der Waals surface area contributed by atoms with Crippen molar-refractivity contribution < 1.29 is 9.59 Å². The molecule has 3 rings (SSSR count). The van der Waals surface area contributed by atoms with E-state index in [2.05, 4.69) is 10.6 Å². The molecule has 16 heavy (non-hydrogen) atoms. The minimum atomic E-state index is -1.17. The van der Waals surface area contributed by atoms with Gasteiger partial charge in [0.25, 0.3) is 5.91 Å². The van der Waals surface area contributed by atoms with Gasteiger partial charge < -0.3 is 5.32 Å². The second-order valence-corrected chi connectivity index (χ2v) is 5.71. The van der Waals surface area contributed by atoms with Gasteiger partial charge in [-0.05, 0) is 6.08 Å². The molecule has 0 saturated carbocycles. The largest absolute Gasteiger partial charge is 0.322 e. The predicted octanol–water partition coefficient (Wildman–Crippen LogP) is 2.12. The van der Waals surface area contributed by atoms with Gasteiger partial charge in [-0.2, -0.15) is 0 Å². The molecule has 3 amide bonds. The van der Waals surface area contributed by atoms with Crippen molar-refractivity contribution in [2.75, 3.05) is 0 Å². The van der Waals surface area contributed by atoms with Gasteiger partial charge in [-0.1, -0.05) is 29.3 Å². The Morgan fingerprint density at radius 2 is 2.00 bits per heavy atom. The van der Waals surface area contributed by atoms with E-state index in [0.29, 0.717) is 19.8 Å². The number of thiophene rings is 1. The Balaban J connectivity index is 2.26. The van der Waals surface area contributed by atoms with Gasteiger partial charge in [0.2, 0.25) is 0 Å². The monoisotopic (exact) mass is 274 g/mol. The molecule has 2 aliphatic rings. The third kappa shape index (κ3) is 1.05. The van der Waals surface area contributed by atoms with Crippen LogP contribution in [0.2, 0.25) is 8.67 Å². The van der Waals surface area contributed by atoms with Gasteiger partial charge in [0.1, 0.15) is 8.67 Å². The standard InChI is InChI=1S/C9H4Cl2N2O2S/c10-5-3-1-2-9(4(3)6(11)16-5)7(14)12-8(15)13-9/h1-2H,(H2,12,13,14,15). The molecule has 82 valence electrons. The number of halogens is 2. The van der Waals surface area contributed by atoms with Gasteiger partial charge in [-0.15, -0.1) is 11.3 Å². The molecule has 1 atom stereocenters. The van der Waals surface area contributed by atoms with Gasteiger partial charge in [-0.3, -0.25) is 10.1 Å². The molecular weight excluding hydrogens is 271 g/mol. The third-order valence-corrected chi connectivity index (χ3v) is 4.29. The first-order chi connectivity index (χ1) is 7.54. The molecule has 1 aliphatic heterocycles. The van der Waals surface area contributed by atoms with E-state index in [4.69, 9.17) is 23.2 Å². The molecule has 1 aromatic heterocycles. The van der Waals surface area contributed by atoms with E-state index >= 15 is 0 Å². The number of rotatable bonds is 0. The summed E-state index contributed by atoms with van der Waals surface area (Å²) in [6.45, 7) is 0. The van der Waals surface area contributed by atoms with E-state index in [-0.39, 0.29) is 0 Å². The van der Waals surface area contributed by atoms with Crippen LogP contribution in [0.25, 0.3) is 6.08 Å². The summed E-state index contributed by atoms with van der Waals surface area (Å²) in [5.41, 5.74) is 0.0918. The van der Waals surface area contributed by atoms with Gasteiger partial charge in [0.05, 0.1) is 0 Å². The number of hydrogen-bond acceptors (Lipinski definition) is 3. The summed E-state index contributed by atoms with van der Waals surface area (Å²) in [6, 6.07) is -0.527. The zero-order chi connectivity index (χ0) is 11.5. The lowest BCUT2D eigenvalue weighted by atomic mass is 9.95. The highest BCUT2D eigenvalue weighted by Gasteiger charge is 2.51. The summed E-state index contributed by atoms with van der Waals surface area (Å²) in [5.74, 6) is -0.427. The molecule has 1 fully saturated rings. The molecule has 4 nitrogen and oxygen atoms in total. The summed E-state index contributed by atoms with van der Waals surface area (Å²) in [4.78, 5) is 23.0. The maximum Gasteiger partial charge on any atom is 0.322 e. The third-order valence-electron chi connectivity index (χ3n) is 2.65. The fraction of sp³-hybridized carbons (Fsp3) is 0.111. The van der Waals surface area contributed by atoms with Crippen LogP contribution in [-0.2, 0) is 10.3 Å². The zero-order valence-electron chi connectivity index (χ0n) is 7.64. The van der Waals surface area contributed by atoms with Gasteiger partial charge >= 0.3 is 6.03 Å². The summed E-state index contributed by atoms with van der Waals surface area (Å²) < 4.78 is 0.935. The molecule has 2 N–H and O–H groups in total. The molecule has 1 spiro atoms. The van der Waals surface area contributed by atoms with Crippen LogP contribution >= 0.6 is 34.5 Å². The van der Waals surface area contributed by atoms with Crippen LogP contribution in [0.4, 0.5) is 4.79 Å². The van der Waals surface area contributed by atoms with Crippen molar-refractivity contribution in [3.63, 3.8) is 0 Å². The summed E-state index contributed by atoms with van der Waals surface area (Å²) >= 11 is 13.2. The van der Waals surface area contributed by atoms with E-state index in [1.807, 2.05) is 0 Å².